The van der Waals surface area contributed by atoms with Crippen LogP contribution in [0.15, 0.2) is 66.4 Å². The van der Waals surface area contributed by atoms with Crippen molar-refractivity contribution >= 4 is 23.3 Å². The standard InChI is InChI=1S/C31H32N2O6/c1-4-5-8-15-38-24-13-10-20(18-25(24)37-3)28-27(30(35)31(36)33(28)26-9-6-7-14-32-26)29(34)21-11-12-23-22(17-21)16-19(2)39-23/h6-7,9-14,17-19,28,34H,4-5,8,15-16H2,1-3H3/b29-27+. The first-order valence-electron chi connectivity index (χ1n) is 13.3. The average molecular weight is 529 g/mol. The van der Waals surface area contributed by atoms with E-state index in [-0.39, 0.29) is 17.4 Å². The minimum Gasteiger partial charge on any atom is -0.507 e. The second-order valence-corrected chi connectivity index (χ2v) is 9.78. The topological polar surface area (TPSA) is 98.2 Å². The van der Waals surface area contributed by atoms with E-state index < -0.39 is 17.7 Å². The zero-order valence-electron chi connectivity index (χ0n) is 22.3. The van der Waals surface area contributed by atoms with Crippen molar-refractivity contribution in [2.75, 3.05) is 18.6 Å². The Morgan fingerprint density at radius 1 is 1.10 bits per heavy atom. The molecule has 1 N–H and O–H groups in total. The van der Waals surface area contributed by atoms with Gasteiger partial charge in [-0.15, -0.1) is 0 Å². The molecular weight excluding hydrogens is 496 g/mol. The SMILES string of the molecule is CCCCCOc1ccc(C2/C(=C(\O)c3ccc4c(c3)CC(C)O4)C(=O)C(=O)N2c2ccccn2)cc1OC. The molecule has 1 saturated heterocycles. The highest BCUT2D eigenvalue weighted by atomic mass is 16.5. The summed E-state index contributed by atoms with van der Waals surface area (Å²) in [7, 11) is 1.54. The van der Waals surface area contributed by atoms with Crippen molar-refractivity contribution in [2.45, 2.75) is 51.7 Å². The van der Waals surface area contributed by atoms with Gasteiger partial charge in [-0.2, -0.15) is 0 Å². The summed E-state index contributed by atoms with van der Waals surface area (Å²) in [6, 6.07) is 14.8. The van der Waals surface area contributed by atoms with Crippen LogP contribution in [0, 0.1) is 0 Å². The normalized spacial score (nSPS) is 19.6. The molecule has 2 aliphatic heterocycles. The lowest BCUT2D eigenvalue weighted by atomic mass is 9.94. The molecule has 2 aromatic carbocycles. The number of aromatic nitrogens is 1. The highest BCUT2D eigenvalue weighted by Crippen LogP contribution is 2.44. The van der Waals surface area contributed by atoms with Crippen LogP contribution < -0.4 is 19.1 Å². The third-order valence-corrected chi connectivity index (χ3v) is 7.02. The smallest absolute Gasteiger partial charge is 0.301 e. The van der Waals surface area contributed by atoms with Gasteiger partial charge in [-0.1, -0.05) is 31.9 Å². The number of carbonyl (C=O) groups is 2. The Bertz CT molecular complexity index is 1420. The number of aliphatic hydroxyl groups excluding tert-OH is 1. The minimum absolute atomic E-state index is 0.0174. The van der Waals surface area contributed by atoms with Gasteiger partial charge in [-0.25, -0.2) is 4.98 Å². The van der Waals surface area contributed by atoms with Gasteiger partial charge in [0.1, 0.15) is 23.4 Å². The van der Waals surface area contributed by atoms with E-state index >= 15 is 0 Å². The maximum absolute atomic E-state index is 13.5. The number of hydrogen-bond acceptors (Lipinski definition) is 7. The van der Waals surface area contributed by atoms with Crippen LogP contribution in [0.2, 0.25) is 0 Å². The van der Waals surface area contributed by atoms with E-state index in [4.69, 9.17) is 14.2 Å². The fraction of sp³-hybridized carbons (Fsp3) is 0.323. The van der Waals surface area contributed by atoms with Crippen molar-refractivity contribution in [3.05, 3.63) is 83.1 Å². The van der Waals surface area contributed by atoms with Crippen LogP contribution in [0.1, 0.15) is 55.8 Å². The summed E-state index contributed by atoms with van der Waals surface area (Å²) in [6.07, 6.45) is 5.35. The third kappa shape index (κ3) is 5.06. The van der Waals surface area contributed by atoms with Gasteiger partial charge in [-0.3, -0.25) is 14.5 Å². The molecular formula is C31H32N2O6. The van der Waals surface area contributed by atoms with Gasteiger partial charge in [0.2, 0.25) is 0 Å². The monoisotopic (exact) mass is 528 g/mol. The molecule has 2 unspecified atom stereocenters. The lowest BCUT2D eigenvalue weighted by Gasteiger charge is -2.25. The van der Waals surface area contributed by atoms with Crippen molar-refractivity contribution in [1.82, 2.24) is 4.98 Å². The zero-order chi connectivity index (χ0) is 27.5. The highest BCUT2D eigenvalue weighted by Gasteiger charge is 2.47. The number of ether oxygens (including phenoxy) is 3. The summed E-state index contributed by atoms with van der Waals surface area (Å²) in [4.78, 5) is 32.5. The van der Waals surface area contributed by atoms with E-state index in [1.807, 2.05) is 13.0 Å². The van der Waals surface area contributed by atoms with E-state index in [1.54, 1.807) is 61.8 Å². The Morgan fingerprint density at radius 2 is 1.95 bits per heavy atom. The number of aliphatic hydroxyl groups is 1. The largest absolute Gasteiger partial charge is 0.507 e. The molecule has 1 amide bonds. The van der Waals surface area contributed by atoms with E-state index in [0.717, 1.165) is 30.6 Å². The molecule has 0 spiro atoms. The number of carbonyl (C=O) groups excluding carboxylic acids is 2. The number of hydrogen-bond donors (Lipinski definition) is 1. The summed E-state index contributed by atoms with van der Waals surface area (Å²) in [5.41, 5.74) is 1.94. The Labute approximate surface area is 227 Å². The van der Waals surface area contributed by atoms with Crippen molar-refractivity contribution in [1.29, 1.82) is 0 Å². The minimum atomic E-state index is -0.925. The van der Waals surface area contributed by atoms with Crippen LogP contribution in [0.25, 0.3) is 5.76 Å². The number of anilines is 1. The van der Waals surface area contributed by atoms with E-state index in [0.29, 0.717) is 41.5 Å². The summed E-state index contributed by atoms with van der Waals surface area (Å²) >= 11 is 0. The molecule has 2 atom stereocenters. The summed E-state index contributed by atoms with van der Waals surface area (Å²) in [5.74, 6) is 0.295. The number of pyridine rings is 1. The maximum Gasteiger partial charge on any atom is 0.301 e. The Balaban J connectivity index is 1.61. The Kier molecular flexibility index (Phi) is 7.54. The fourth-order valence-electron chi connectivity index (χ4n) is 5.11. The number of unbranched alkanes of at least 4 members (excludes halogenated alkanes) is 2. The van der Waals surface area contributed by atoms with Gasteiger partial charge in [0.05, 0.1) is 25.3 Å². The maximum atomic E-state index is 13.5. The van der Waals surface area contributed by atoms with Gasteiger partial charge in [0.15, 0.2) is 11.5 Å². The Morgan fingerprint density at radius 3 is 2.69 bits per heavy atom. The first kappa shape index (κ1) is 26.3. The summed E-state index contributed by atoms with van der Waals surface area (Å²) < 4.78 is 17.3. The highest BCUT2D eigenvalue weighted by molar-refractivity contribution is 6.51. The molecule has 1 aromatic heterocycles. The number of rotatable bonds is 9. The van der Waals surface area contributed by atoms with Crippen LogP contribution in [0.3, 0.4) is 0 Å². The van der Waals surface area contributed by atoms with E-state index in [1.165, 1.54) is 4.90 Å². The van der Waals surface area contributed by atoms with Gasteiger partial charge in [-0.05, 0) is 66.9 Å². The predicted octanol–water partition coefficient (Wildman–Crippen LogP) is 5.61. The third-order valence-electron chi connectivity index (χ3n) is 7.02. The van der Waals surface area contributed by atoms with Gasteiger partial charge < -0.3 is 19.3 Å². The quantitative estimate of drug-likeness (QED) is 0.167. The van der Waals surface area contributed by atoms with Crippen LogP contribution in [-0.4, -0.2) is 41.6 Å². The summed E-state index contributed by atoms with van der Waals surface area (Å²) in [5, 5.41) is 11.5. The van der Waals surface area contributed by atoms with E-state index in [9.17, 15) is 14.7 Å². The number of methoxy groups -OCH3 is 1. The van der Waals surface area contributed by atoms with E-state index in [2.05, 4.69) is 11.9 Å². The molecule has 0 radical (unpaired) electrons. The number of ketones is 1. The first-order valence-corrected chi connectivity index (χ1v) is 13.3. The lowest BCUT2D eigenvalue weighted by Crippen LogP contribution is -2.30. The number of amides is 1. The number of fused-ring (bicyclic) bond motifs is 1. The van der Waals surface area contributed by atoms with Gasteiger partial charge in [0.25, 0.3) is 5.78 Å². The molecule has 3 aromatic rings. The van der Waals surface area contributed by atoms with Crippen molar-refractivity contribution in [3.8, 4) is 17.2 Å². The molecule has 3 heterocycles. The molecule has 5 rings (SSSR count). The molecule has 8 heteroatoms. The summed E-state index contributed by atoms with van der Waals surface area (Å²) in [6.45, 7) is 4.66. The predicted molar refractivity (Wildman–Crippen MR) is 147 cm³/mol. The number of benzene rings is 2. The van der Waals surface area contributed by atoms with Crippen molar-refractivity contribution < 1.29 is 28.9 Å². The number of Topliss-reactive ketones (excluding diaryl/α,β-unsaturated/α-hetero) is 1. The van der Waals surface area contributed by atoms with Crippen LogP contribution in [-0.2, 0) is 16.0 Å². The van der Waals surface area contributed by atoms with Crippen molar-refractivity contribution in [3.63, 3.8) is 0 Å². The zero-order valence-corrected chi connectivity index (χ0v) is 22.3. The van der Waals surface area contributed by atoms with Crippen LogP contribution in [0.4, 0.5) is 5.82 Å². The molecule has 39 heavy (non-hydrogen) atoms. The molecule has 202 valence electrons. The molecule has 0 aliphatic carbocycles. The van der Waals surface area contributed by atoms with Crippen LogP contribution >= 0.6 is 0 Å². The molecule has 1 fully saturated rings. The first-order chi connectivity index (χ1) is 18.9. The molecule has 0 saturated carbocycles. The average Bonchev–Trinajstić information content (AvgIpc) is 3.46. The van der Waals surface area contributed by atoms with Gasteiger partial charge >= 0.3 is 5.91 Å². The molecule has 2 aliphatic rings. The second kappa shape index (κ2) is 11.2. The molecule has 0 bridgehead atoms. The number of nitrogens with zero attached hydrogens (tertiary/aromatic N) is 2. The van der Waals surface area contributed by atoms with Crippen LogP contribution in [0.5, 0.6) is 17.2 Å². The van der Waals surface area contributed by atoms with Gasteiger partial charge in [0, 0.05) is 18.2 Å². The lowest BCUT2D eigenvalue weighted by molar-refractivity contribution is -0.132. The van der Waals surface area contributed by atoms with Crippen molar-refractivity contribution in [2.24, 2.45) is 0 Å². The molecule has 8 nitrogen and oxygen atoms in total. The fourth-order valence-corrected chi connectivity index (χ4v) is 5.11. The Hall–Kier alpha value is -4.33. The second-order valence-electron chi connectivity index (χ2n) is 9.78.